The van der Waals surface area contributed by atoms with Gasteiger partial charge in [0.15, 0.2) is 0 Å². The summed E-state index contributed by atoms with van der Waals surface area (Å²) in [6.07, 6.45) is 0. The van der Waals surface area contributed by atoms with Crippen LogP contribution in [0.4, 0.5) is 0 Å². The molecule has 1 heterocycles. The summed E-state index contributed by atoms with van der Waals surface area (Å²) >= 11 is 0. The van der Waals surface area contributed by atoms with E-state index in [0.717, 1.165) is 12.4 Å². The molecule has 2 rings (SSSR count). The molecule has 1 aliphatic heterocycles. The third-order valence-electron chi connectivity index (χ3n) is 2.47. The van der Waals surface area contributed by atoms with Crippen LogP contribution in [-0.4, -0.2) is 12.2 Å². The van der Waals surface area contributed by atoms with Crippen LogP contribution >= 0.6 is 0 Å². The van der Waals surface area contributed by atoms with Crippen molar-refractivity contribution in [3.05, 3.63) is 29.8 Å². The van der Waals surface area contributed by atoms with E-state index in [2.05, 4.69) is 19.1 Å². The van der Waals surface area contributed by atoms with Crippen molar-refractivity contribution in [2.75, 3.05) is 6.61 Å². The Morgan fingerprint density at radius 3 is 2.13 bits per heavy atom. The molecular weight excluding hydrogens is 188 g/mol. The van der Waals surface area contributed by atoms with Crippen LogP contribution in [0.3, 0.4) is 0 Å². The van der Waals surface area contributed by atoms with Crippen molar-refractivity contribution in [3.8, 4) is 5.75 Å². The van der Waals surface area contributed by atoms with Gasteiger partial charge in [-0.05, 0) is 45.4 Å². The van der Waals surface area contributed by atoms with Crippen molar-refractivity contribution >= 4 is 0 Å². The van der Waals surface area contributed by atoms with Crippen LogP contribution in [-0.2, 0) is 10.3 Å². The Bertz CT molecular complexity index is 342. The first-order valence-electron chi connectivity index (χ1n) is 5.33. The molecule has 0 spiro atoms. The SMILES string of the molecule is CC(C)(C)Oc1ccc(C2(C)CO2)cc1. The molecule has 1 aromatic rings. The van der Waals surface area contributed by atoms with Crippen molar-refractivity contribution in [2.24, 2.45) is 0 Å². The third-order valence-corrected chi connectivity index (χ3v) is 2.47. The van der Waals surface area contributed by atoms with Gasteiger partial charge in [-0.3, -0.25) is 0 Å². The zero-order valence-corrected chi connectivity index (χ0v) is 9.83. The molecule has 0 bridgehead atoms. The van der Waals surface area contributed by atoms with Crippen molar-refractivity contribution in [1.29, 1.82) is 0 Å². The van der Waals surface area contributed by atoms with Gasteiger partial charge in [-0.1, -0.05) is 12.1 Å². The highest BCUT2D eigenvalue weighted by Crippen LogP contribution is 2.38. The first-order chi connectivity index (χ1) is 6.89. The summed E-state index contributed by atoms with van der Waals surface area (Å²) in [6.45, 7) is 9.07. The molecule has 0 radical (unpaired) electrons. The van der Waals surface area contributed by atoms with Crippen LogP contribution < -0.4 is 4.74 Å². The highest BCUT2D eigenvalue weighted by Gasteiger charge is 2.40. The molecule has 1 aliphatic rings. The van der Waals surface area contributed by atoms with E-state index in [4.69, 9.17) is 9.47 Å². The van der Waals surface area contributed by atoms with Gasteiger partial charge in [-0.25, -0.2) is 0 Å². The number of hydrogen-bond acceptors (Lipinski definition) is 2. The van der Waals surface area contributed by atoms with Crippen molar-refractivity contribution in [3.63, 3.8) is 0 Å². The molecule has 0 N–H and O–H groups in total. The Balaban J connectivity index is 2.11. The van der Waals surface area contributed by atoms with Crippen LogP contribution in [0.2, 0.25) is 0 Å². The van der Waals surface area contributed by atoms with E-state index in [1.54, 1.807) is 0 Å². The van der Waals surface area contributed by atoms with Crippen LogP contribution in [0.25, 0.3) is 0 Å². The molecule has 1 fully saturated rings. The Kier molecular flexibility index (Phi) is 2.27. The predicted molar refractivity (Wildman–Crippen MR) is 60.1 cm³/mol. The minimum Gasteiger partial charge on any atom is -0.488 e. The number of benzene rings is 1. The molecule has 1 saturated heterocycles. The second-order valence-corrected chi connectivity index (χ2v) is 5.26. The summed E-state index contributed by atoms with van der Waals surface area (Å²) in [4.78, 5) is 0. The summed E-state index contributed by atoms with van der Waals surface area (Å²) < 4.78 is 11.1. The van der Waals surface area contributed by atoms with Crippen molar-refractivity contribution < 1.29 is 9.47 Å². The molecule has 15 heavy (non-hydrogen) atoms. The van der Waals surface area contributed by atoms with E-state index in [0.29, 0.717) is 0 Å². The summed E-state index contributed by atoms with van der Waals surface area (Å²) in [5.74, 6) is 0.913. The van der Waals surface area contributed by atoms with Crippen molar-refractivity contribution in [1.82, 2.24) is 0 Å². The lowest BCUT2D eigenvalue weighted by Gasteiger charge is -2.21. The molecule has 1 atom stereocenters. The quantitative estimate of drug-likeness (QED) is 0.693. The summed E-state index contributed by atoms with van der Waals surface area (Å²) in [5, 5.41) is 0. The standard InChI is InChI=1S/C13H18O2/c1-12(2,3)15-11-7-5-10(6-8-11)13(4)9-14-13/h5-8H,9H2,1-4H3. The Labute approximate surface area is 91.2 Å². The van der Waals surface area contributed by atoms with Gasteiger partial charge in [-0.15, -0.1) is 0 Å². The summed E-state index contributed by atoms with van der Waals surface area (Å²) in [5.41, 5.74) is 1.05. The largest absolute Gasteiger partial charge is 0.488 e. The minimum absolute atomic E-state index is 0.0414. The normalized spacial score (nSPS) is 25.1. The van der Waals surface area contributed by atoms with Crippen LogP contribution in [0.15, 0.2) is 24.3 Å². The van der Waals surface area contributed by atoms with Crippen LogP contribution in [0.1, 0.15) is 33.3 Å². The van der Waals surface area contributed by atoms with E-state index in [1.165, 1.54) is 5.56 Å². The van der Waals surface area contributed by atoms with Gasteiger partial charge >= 0.3 is 0 Å². The van der Waals surface area contributed by atoms with E-state index in [1.807, 2.05) is 32.9 Å². The van der Waals surface area contributed by atoms with Gasteiger partial charge in [0.25, 0.3) is 0 Å². The first kappa shape index (κ1) is 10.5. The molecule has 0 aliphatic carbocycles. The van der Waals surface area contributed by atoms with Gasteiger partial charge in [0.1, 0.15) is 17.0 Å². The monoisotopic (exact) mass is 206 g/mol. The lowest BCUT2D eigenvalue weighted by atomic mass is 10.0. The summed E-state index contributed by atoms with van der Waals surface area (Å²) in [6, 6.07) is 8.17. The maximum absolute atomic E-state index is 5.75. The van der Waals surface area contributed by atoms with E-state index in [-0.39, 0.29) is 11.2 Å². The van der Waals surface area contributed by atoms with Crippen molar-refractivity contribution in [2.45, 2.75) is 38.9 Å². The van der Waals surface area contributed by atoms with E-state index in [9.17, 15) is 0 Å². The highest BCUT2D eigenvalue weighted by molar-refractivity contribution is 5.32. The average Bonchev–Trinajstić information content (AvgIpc) is 2.83. The molecular formula is C13H18O2. The number of epoxide rings is 1. The third kappa shape index (κ3) is 2.51. The smallest absolute Gasteiger partial charge is 0.120 e. The first-order valence-corrected chi connectivity index (χ1v) is 5.33. The second kappa shape index (κ2) is 3.24. The zero-order valence-electron chi connectivity index (χ0n) is 9.83. The number of rotatable bonds is 2. The van der Waals surface area contributed by atoms with Gasteiger partial charge in [-0.2, -0.15) is 0 Å². The van der Waals surface area contributed by atoms with Gasteiger partial charge in [0.2, 0.25) is 0 Å². The zero-order chi connectivity index (χ0) is 11.1. The second-order valence-electron chi connectivity index (χ2n) is 5.26. The van der Waals surface area contributed by atoms with E-state index >= 15 is 0 Å². The van der Waals surface area contributed by atoms with Gasteiger partial charge < -0.3 is 9.47 Å². The molecule has 2 nitrogen and oxygen atoms in total. The highest BCUT2D eigenvalue weighted by atomic mass is 16.6. The van der Waals surface area contributed by atoms with E-state index < -0.39 is 0 Å². The number of ether oxygens (including phenoxy) is 2. The Morgan fingerprint density at radius 1 is 1.20 bits per heavy atom. The molecule has 1 aromatic carbocycles. The summed E-state index contributed by atoms with van der Waals surface area (Å²) in [7, 11) is 0. The fourth-order valence-electron chi connectivity index (χ4n) is 1.50. The predicted octanol–water partition coefficient (Wildman–Crippen LogP) is 3.11. The molecule has 0 amide bonds. The Hall–Kier alpha value is -1.02. The number of hydrogen-bond donors (Lipinski definition) is 0. The van der Waals surface area contributed by atoms with Crippen LogP contribution in [0, 0.1) is 0 Å². The maximum atomic E-state index is 5.75. The fraction of sp³-hybridized carbons (Fsp3) is 0.538. The molecule has 0 aromatic heterocycles. The van der Waals surface area contributed by atoms with Gasteiger partial charge in [0, 0.05) is 0 Å². The van der Waals surface area contributed by atoms with Gasteiger partial charge in [0.05, 0.1) is 6.61 Å². The minimum atomic E-state index is -0.137. The topological polar surface area (TPSA) is 21.8 Å². The molecule has 82 valence electrons. The molecule has 0 saturated carbocycles. The molecule has 2 heteroatoms. The average molecular weight is 206 g/mol. The fourth-order valence-corrected chi connectivity index (χ4v) is 1.50. The lowest BCUT2D eigenvalue weighted by molar-refractivity contribution is 0.131. The lowest BCUT2D eigenvalue weighted by Crippen LogP contribution is -2.22. The molecule has 1 unspecified atom stereocenters. The maximum Gasteiger partial charge on any atom is 0.120 e. The Morgan fingerprint density at radius 2 is 1.73 bits per heavy atom. The van der Waals surface area contributed by atoms with Crippen LogP contribution in [0.5, 0.6) is 5.75 Å².